The third-order valence-electron chi connectivity index (χ3n) is 3.96. The van der Waals surface area contributed by atoms with Gasteiger partial charge in [0.2, 0.25) is 5.91 Å². The topological polar surface area (TPSA) is 79.5 Å². The van der Waals surface area contributed by atoms with Crippen LogP contribution in [0.5, 0.6) is 0 Å². The van der Waals surface area contributed by atoms with E-state index in [1.807, 2.05) is 54.6 Å². The first-order valence-corrected chi connectivity index (χ1v) is 8.22. The van der Waals surface area contributed by atoms with E-state index in [4.69, 9.17) is 4.74 Å². The molecule has 2 aromatic rings. The maximum Gasteiger partial charge on any atom is 0.315 e. The molecule has 3 amide bonds. The molecular formula is C19H21N3O3. The monoisotopic (exact) mass is 339 g/mol. The summed E-state index contributed by atoms with van der Waals surface area (Å²) in [6.45, 7) is 1.87. The molecule has 1 saturated heterocycles. The van der Waals surface area contributed by atoms with E-state index in [1.54, 1.807) is 0 Å². The molecule has 0 spiro atoms. The fraction of sp³-hybridized carbons (Fsp3) is 0.263. The highest BCUT2D eigenvalue weighted by molar-refractivity contribution is 5.90. The zero-order chi connectivity index (χ0) is 17.5. The Hall–Kier alpha value is -2.86. The van der Waals surface area contributed by atoms with Crippen molar-refractivity contribution in [2.75, 3.05) is 6.54 Å². The van der Waals surface area contributed by atoms with Crippen LogP contribution < -0.4 is 16.0 Å². The van der Waals surface area contributed by atoms with E-state index in [0.29, 0.717) is 26.3 Å². The van der Waals surface area contributed by atoms with E-state index < -0.39 is 6.04 Å². The number of ether oxygens (including phenoxy) is 1. The van der Waals surface area contributed by atoms with Crippen molar-refractivity contribution in [2.24, 2.45) is 0 Å². The minimum atomic E-state index is -0.502. The number of nitrogens with one attached hydrogen (secondary N) is 3. The summed E-state index contributed by atoms with van der Waals surface area (Å²) in [5, 5.41) is 7.94. The highest BCUT2D eigenvalue weighted by Crippen LogP contribution is 2.08. The standard InChI is InChI=1S/C19H21N3O3/c23-18(17-11-21-19(24)22-17)20-10-14-6-8-16(9-7-14)13-25-12-15-4-2-1-3-5-15/h1-9,17H,10-13H2,(H,20,23)(H2,21,22,24)/t17-/m0/s1. The molecule has 1 atom stereocenters. The van der Waals surface area contributed by atoms with E-state index in [-0.39, 0.29) is 11.9 Å². The molecule has 2 aromatic carbocycles. The third-order valence-corrected chi connectivity index (χ3v) is 3.96. The maximum absolute atomic E-state index is 11.9. The lowest BCUT2D eigenvalue weighted by Crippen LogP contribution is -2.42. The number of benzene rings is 2. The molecule has 25 heavy (non-hydrogen) atoms. The van der Waals surface area contributed by atoms with Gasteiger partial charge in [0.25, 0.3) is 0 Å². The fourth-order valence-electron chi connectivity index (χ4n) is 2.54. The van der Waals surface area contributed by atoms with Crippen molar-refractivity contribution in [3.05, 3.63) is 71.3 Å². The van der Waals surface area contributed by atoms with Gasteiger partial charge in [-0.05, 0) is 16.7 Å². The molecule has 0 saturated carbocycles. The van der Waals surface area contributed by atoms with E-state index in [1.165, 1.54) is 0 Å². The van der Waals surface area contributed by atoms with E-state index >= 15 is 0 Å². The summed E-state index contributed by atoms with van der Waals surface area (Å²) in [7, 11) is 0. The van der Waals surface area contributed by atoms with Gasteiger partial charge < -0.3 is 20.7 Å². The van der Waals surface area contributed by atoms with Crippen molar-refractivity contribution in [2.45, 2.75) is 25.8 Å². The van der Waals surface area contributed by atoms with Crippen LogP contribution in [-0.4, -0.2) is 24.5 Å². The van der Waals surface area contributed by atoms with Gasteiger partial charge in [0.1, 0.15) is 6.04 Å². The van der Waals surface area contributed by atoms with Crippen LogP contribution >= 0.6 is 0 Å². The predicted molar refractivity (Wildman–Crippen MR) is 93.5 cm³/mol. The van der Waals surface area contributed by atoms with Crippen LogP contribution in [0.2, 0.25) is 0 Å². The summed E-state index contributed by atoms with van der Waals surface area (Å²) in [5.74, 6) is -0.186. The Labute approximate surface area is 146 Å². The van der Waals surface area contributed by atoms with Crippen molar-refractivity contribution in [3.8, 4) is 0 Å². The number of carbonyl (C=O) groups excluding carboxylic acids is 2. The van der Waals surface area contributed by atoms with Gasteiger partial charge in [-0.2, -0.15) is 0 Å². The highest BCUT2D eigenvalue weighted by Gasteiger charge is 2.26. The minimum Gasteiger partial charge on any atom is -0.372 e. The van der Waals surface area contributed by atoms with E-state index in [2.05, 4.69) is 16.0 Å². The van der Waals surface area contributed by atoms with Crippen molar-refractivity contribution in [1.29, 1.82) is 0 Å². The molecule has 0 unspecified atom stereocenters. The largest absolute Gasteiger partial charge is 0.372 e. The molecule has 0 aliphatic carbocycles. The molecule has 1 aliphatic heterocycles. The minimum absolute atomic E-state index is 0.186. The average Bonchev–Trinajstić information content (AvgIpc) is 3.08. The van der Waals surface area contributed by atoms with Gasteiger partial charge in [0.05, 0.1) is 13.2 Å². The first-order chi connectivity index (χ1) is 12.2. The average molecular weight is 339 g/mol. The first kappa shape index (κ1) is 17.0. The Bertz CT molecular complexity index is 716. The maximum atomic E-state index is 11.9. The van der Waals surface area contributed by atoms with Crippen LogP contribution in [0, 0.1) is 0 Å². The number of rotatable bonds is 7. The Morgan fingerprint density at radius 3 is 2.28 bits per heavy atom. The van der Waals surface area contributed by atoms with Crippen LogP contribution in [0.1, 0.15) is 16.7 Å². The van der Waals surface area contributed by atoms with Gasteiger partial charge in [-0.25, -0.2) is 4.79 Å². The van der Waals surface area contributed by atoms with Crippen LogP contribution in [0.15, 0.2) is 54.6 Å². The molecule has 0 radical (unpaired) electrons. The first-order valence-electron chi connectivity index (χ1n) is 8.22. The Morgan fingerprint density at radius 1 is 1.00 bits per heavy atom. The third kappa shape index (κ3) is 5.06. The van der Waals surface area contributed by atoms with Gasteiger partial charge in [-0.15, -0.1) is 0 Å². The number of urea groups is 1. The lowest BCUT2D eigenvalue weighted by molar-refractivity contribution is -0.122. The summed E-state index contributed by atoms with van der Waals surface area (Å²) >= 11 is 0. The molecule has 1 aliphatic rings. The van der Waals surface area contributed by atoms with Crippen LogP contribution in [0.3, 0.4) is 0 Å². The number of carbonyl (C=O) groups is 2. The molecule has 1 heterocycles. The van der Waals surface area contributed by atoms with E-state index in [0.717, 1.165) is 16.7 Å². The molecule has 3 N–H and O–H groups in total. The Morgan fingerprint density at radius 2 is 1.64 bits per heavy atom. The highest BCUT2D eigenvalue weighted by atomic mass is 16.5. The summed E-state index contributed by atoms with van der Waals surface area (Å²) in [6, 6.07) is 17.2. The van der Waals surface area contributed by atoms with Crippen LogP contribution in [0.4, 0.5) is 4.79 Å². The summed E-state index contributed by atoms with van der Waals surface area (Å²) in [5.41, 5.74) is 3.23. The quantitative estimate of drug-likeness (QED) is 0.718. The summed E-state index contributed by atoms with van der Waals surface area (Å²) < 4.78 is 5.70. The summed E-state index contributed by atoms with van der Waals surface area (Å²) in [4.78, 5) is 23.0. The lowest BCUT2D eigenvalue weighted by Gasteiger charge is -2.10. The molecule has 6 heteroatoms. The SMILES string of the molecule is O=C1NC[C@@H](C(=O)NCc2ccc(COCc3ccccc3)cc2)N1. The van der Waals surface area contributed by atoms with Gasteiger partial charge in [0.15, 0.2) is 0 Å². The van der Waals surface area contributed by atoms with Crippen LogP contribution in [0.25, 0.3) is 0 Å². The predicted octanol–water partition coefficient (Wildman–Crippen LogP) is 1.70. The molecule has 6 nitrogen and oxygen atoms in total. The van der Waals surface area contributed by atoms with Crippen molar-refractivity contribution in [1.82, 2.24) is 16.0 Å². The number of hydrogen-bond acceptors (Lipinski definition) is 3. The molecule has 3 rings (SSSR count). The van der Waals surface area contributed by atoms with Crippen molar-refractivity contribution in [3.63, 3.8) is 0 Å². The zero-order valence-electron chi connectivity index (χ0n) is 13.8. The zero-order valence-corrected chi connectivity index (χ0v) is 13.8. The molecular weight excluding hydrogens is 318 g/mol. The smallest absolute Gasteiger partial charge is 0.315 e. The summed E-state index contributed by atoms with van der Waals surface area (Å²) in [6.07, 6.45) is 0. The molecule has 130 valence electrons. The second kappa shape index (κ2) is 8.30. The van der Waals surface area contributed by atoms with Crippen LogP contribution in [-0.2, 0) is 29.3 Å². The van der Waals surface area contributed by atoms with Crippen molar-refractivity contribution >= 4 is 11.9 Å². The van der Waals surface area contributed by atoms with E-state index in [9.17, 15) is 9.59 Å². The second-order valence-electron chi connectivity index (χ2n) is 5.92. The normalized spacial score (nSPS) is 16.2. The lowest BCUT2D eigenvalue weighted by atomic mass is 10.1. The molecule has 1 fully saturated rings. The molecule has 0 bridgehead atoms. The van der Waals surface area contributed by atoms with Gasteiger partial charge in [0, 0.05) is 13.1 Å². The van der Waals surface area contributed by atoms with Crippen molar-refractivity contribution < 1.29 is 14.3 Å². The van der Waals surface area contributed by atoms with Gasteiger partial charge >= 0.3 is 6.03 Å². The van der Waals surface area contributed by atoms with Gasteiger partial charge in [-0.3, -0.25) is 4.79 Å². The number of hydrogen-bond donors (Lipinski definition) is 3. The number of amides is 3. The fourth-order valence-corrected chi connectivity index (χ4v) is 2.54. The second-order valence-corrected chi connectivity index (χ2v) is 5.92. The Balaban J connectivity index is 1.41. The Kier molecular flexibility index (Phi) is 5.64. The van der Waals surface area contributed by atoms with Gasteiger partial charge in [-0.1, -0.05) is 54.6 Å². The molecule has 0 aromatic heterocycles.